The van der Waals surface area contributed by atoms with Crippen LogP contribution in [-0.4, -0.2) is 49.8 Å². The SMILES string of the molecule is CC(=O)SC(C)CC(=O)N1CC(c2cccnc2)=CC1C(=O)O. The molecule has 1 N–H and O–H groups in total. The van der Waals surface area contributed by atoms with E-state index in [0.717, 1.165) is 22.9 Å². The van der Waals surface area contributed by atoms with Crippen molar-refractivity contribution in [3.63, 3.8) is 0 Å². The molecule has 6 nitrogen and oxygen atoms in total. The van der Waals surface area contributed by atoms with Crippen molar-refractivity contribution >= 4 is 34.3 Å². The fourth-order valence-corrected chi connectivity index (χ4v) is 3.28. The van der Waals surface area contributed by atoms with Crippen LogP contribution in [0.2, 0.25) is 0 Å². The van der Waals surface area contributed by atoms with Crippen molar-refractivity contribution in [2.24, 2.45) is 0 Å². The van der Waals surface area contributed by atoms with Gasteiger partial charge in [-0.2, -0.15) is 0 Å². The predicted octanol–water partition coefficient (Wildman–Crippen LogP) is 1.82. The van der Waals surface area contributed by atoms with Gasteiger partial charge in [0.1, 0.15) is 6.04 Å². The number of amides is 1. The summed E-state index contributed by atoms with van der Waals surface area (Å²) in [6.45, 7) is 3.47. The van der Waals surface area contributed by atoms with Crippen LogP contribution in [0.1, 0.15) is 25.8 Å². The molecule has 1 aliphatic heterocycles. The molecule has 1 amide bonds. The maximum atomic E-state index is 12.4. The van der Waals surface area contributed by atoms with E-state index >= 15 is 0 Å². The van der Waals surface area contributed by atoms with Crippen LogP contribution in [-0.2, 0) is 14.4 Å². The molecule has 2 atom stereocenters. The first-order valence-corrected chi connectivity index (χ1v) is 8.07. The Labute approximate surface area is 138 Å². The number of pyridine rings is 1. The number of aliphatic carboxylic acids is 1. The van der Waals surface area contributed by atoms with Crippen molar-refractivity contribution in [2.45, 2.75) is 31.6 Å². The molecule has 0 saturated heterocycles. The van der Waals surface area contributed by atoms with Crippen LogP contribution in [0.25, 0.3) is 5.57 Å². The Balaban J connectivity index is 2.12. The molecule has 0 aromatic carbocycles. The lowest BCUT2D eigenvalue weighted by Gasteiger charge is -2.23. The van der Waals surface area contributed by atoms with Crippen LogP contribution < -0.4 is 0 Å². The highest BCUT2D eigenvalue weighted by Gasteiger charge is 2.34. The first-order chi connectivity index (χ1) is 10.9. The molecular formula is C16H18N2O4S. The number of hydrogen-bond acceptors (Lipinski definition) is 5. The summed E-state index contributed by atoms with van der Waals surface area (Å²) in [4.78, 5) is 40.3. The third-order valence-electron chi connectivity index (χ3n) is 3.47. The topological polar surface area (TPSA) is 87.6 Å². The number of thioether (sulfide) groups is 1. The zero-order valence-electron chi connectivity index (χ0n) is 12.9. The lowest BCUT2D eigenvalue weighted by atomic mass is 10.1. The largest absolute Gasteiger partial charge is 0.479 e. The van der Waals surface area contributed by atoms with E-state index in [0.29, 0.717) is 0 Å². The minimum Gasteiger partial charge on any atom is -0.479 e. The fourth-order valence-electron chi connectivity index (χ4n) is 2.49. The second kappa shape index (κ2) is 7.41. The van der Waals surface area contributed by atoms with E-state index in [-0.39, 0.29) is 29.2 Å². The summed E-state index contributed by atoms with van der Waals surface area (Å²) in [7, 11) is 0. The number of hydrogen-bond donors (Lipinski definition) is 1. The van der Waals surface area contributed by atoms with E-state index in [1.165, 1.54) is 11.8 Å². The Kier molecular flexibility index (Phi) is 5.54. The first-order valence-electron chi connectivity index (χ1n) is 7.19. The summed E-state index contributed by atoms with van der Waals surface area (Å²) in [5, 5.41) is 9.12. The van der Waals surface area contributed by atoms with Crippen LogP contribution in [0.5, 0.6) is 0 Å². The van der Waals surface area contributed by atoms with Gasteiger partial charge < -0.3 is 10.0 Å². The molecule has 0 radical (unpaired) electrons. The summed E-state index contributed by atoms with van der Waals surface area (Å²) in [5.74, 6) is -1.34. The van der Waals surface area contributed by atoms with Crippen molar-refractivity contribution in [3.8, 4) is 0 Å². The Morgan fingerprint density at radius 3 is 2.78 bits per heavy atom. The molecule has 2 heterocycles. The van der Waals surface area contributed by atoms with Crippen molar-refractivity contribution in [2.75, 3.05) is 6.54 Å². The summed E-state index contributed by atoms with van der Waals surface area (Å²) in [5.41, 5.74) is 1.57. The van der Waals surface area contributed by atoms with Crippen LogP contribution in [0, 0.1) is 0 Å². The van der Waals surface area contributed by atoms with Gasteiger partial charge in [0, 0.05) is 37.5 Å². The molecule has 0 bridgehead atoms. The maximum Gasteiger partial charge on any atom is 0.330 e. The van der Waals surface area contributed by atoms with Crippen molar-refractivity contribution in [1.29, 1.82) is 0 Å². The van der Waals surface area contributed by atoms with Gasteiger partial charge in [0.25, 0.3) is 0 Å². The van der Waals surface area contributed by atoms with Crippen LogP contribution in [0.4, 0.5) is 0 Å². The fraction of sp³-hybridized carbons (Fsp3) is 0.375. The van der Waals surface area contributed by atoms with E-state index in [1.54, 1.807) is 31.5 Å². The van der Waals surface area contributed by atoms with Crippen LogP contribution in [0.15, 0.2) is 30.6 Å². The van der Waals surface area contributed by atoms with E-state index in [2.05, 4.69) is 4.98 Å². The molecular weight excluding hydrogens is 316 g/mol. The van der Waals surface area contributed by atoms with Gasteiger partial charge in [-0.3, -0.25) is 14.6 Å². The van der Waals surface area contributed by atoms with Gasteiger partial charge in [-0.15, -0.1) is 0 Å². The smallest absolute Gasteiger partial charge is 0.330 e. The van der Waals surface area contributed by atoms with Crippen molar-refractivity contribution in [1.82, 2.24) is 9.88 Å². The van der Waals surface area contributed by atoms with Gasteiger partial charge in [-0.05, 0) is 23.3 Å². The quantitative estimate of drug-likeness (QED) is 0.884. The molecule has 23 heavy (non-hydrogen) atoms. The third kappa shape index (κ3) is 4.41. The van der Waals surface area contributed by atoms with Gasteiger partial charge in [0.05, 0.1) is 0 Å². The van der Waals surface area contributed by atoms with Crippen LogP contribution in [0.3, 0.4) is 0 Å². The van der Waals surface area contributed by atoms with Gasteiger partial charge in [0.2, 0.25) is 5.91 Å². The van der Waals surface area contributed by atoms with E-state index in [4.69, 9.17) is 0 Å². The molecule has 7 heteroatoms. The first kappa shape index (κ1) is 17.2. The molecule has 0 fully saturated rings. The van der Waals surface area contributed by atoms with Gasteiger partial charge >= 0.3 is 5.97 Å². The average Bonchev–Trinajstić information content (AvgIpc) is 2.92. The molecule has 1 aromatic heterocycles. The Morgan fingerprint density at radius 1 is 1.48 bits per heavy atom. The van der Waals surface area contributed by atoms with Gasteiger partial charge in [-0.25, -0.2) is 4.79 Å². The molecule has 122 valence electrons. The summed E-state index contributed by atoms with van der Waals surface area (Å²) < 4.78 is 0. The standard InChI is InChI=1S/C16H18N2O4S/c1-10(23-11(2)19)6-15(20)18-9-13(7-14(18)16(21)22)12-4-3-5-17-8-12/h3-5,7-8,10,14H,6,9H2,1-2H3,(H,21,22). The number of carbonyl (C=O) groups excluding carboxylic acids is 2. The molecule has 2 unspecified atom stereocenters. The molecule has 1 aromatic rings. The monoisotopic (exact) mass is 334 g/mol. The number of carboxylic acids is 1. The maximum absolute atomic E-state index is 12.4. The number of rotatable bonds is 5. The second-order valence-electron chi connectivity index (χ2n) is 5.36. The van der Waals surface area contributed by atoms with E-state index < -0.39 is 12.0 Å². The minimum absolute atomic E-state index is 0.0596. The number of carbonyl (C=O) groups is 3. The molecule has 1 aliphatic rings. The Morgan fingerprint density at radius 2 is 2.22 bits per heavy atom. The average molecular weight is 334 g/mol. The zero-order valence-corrected chi connectivity index (χ0v) is 13.7. The normalized spacial score (nSPS) is 18.4. The molecule has 0 saturated carbocycles. The number of aromatic nitrogens is 1. The lowest BCUT2D eigenvalue weighted by molar-refractivity contribution is -0.146. The molecule has 2 rings (SSSR count). The molecule has 0 spiro atoms. The highest BCUT2D eigenvalue weighted by molar-refractivity contribution is 8.14. The van der Waals surface area contributed by atoms with Gasteiger partial charge in [-0.1, -0.05) is 24.8 Å². The van der Waals surface area contributed by atoms with E-state index in [1.807, 2.05) is 6.07 Å². The summed E-state index contributed by atoms with van der Waals surface area (Å²) >= 11 is 1.09. The highest BCUT2D eigenvalue weighted by Crippen LogP contribution is 2.27. The predicted molar refractivity (Wildman–Crippen MR) is 87.7 cm³/mol. The molecule has 0 aliphatic carbocycles. The summed E-state index contributed by atoms with van der Waals surface area (Å²) in [6.07, 6.45) is 4.99. The zero-order chi connectivity index (χ0) is 17.0. The Bertz CT molecular complexity index is 645. The van der Waals surface area contributed by atoms with Gasteiger partial charge in [0.15, 0.2) is 5.12 Å². The van der Waals surface area contributed by atoms with E-state index in [9.17, 15) is 19.5 Å². The minimum atomic E-state index is -1.07. The number of nitrogens with zero attached hydrogens (tertiary/aromatic N) is 2. The Hall–Kier alpha value is -2.15. The summed E-state index contributed by atoms with van der Waals surface area (Å²) in [6, 6.07) is 2.62. The second-order valence-corrected chi connectivity index (χ2v) is 6.98. The number of carboxylic acid groups (broad SMARTS) is 1. The van der Waals surface area contributed by atoms with Crippen molar-refractivity contribution < 1.29 is 19.5 Å². The van der Waals surface area contributed by atoms with Crippen molar-refractivity contribution in [3.05, 3.63) is 36.2 Å². The third-order valence-corrected chi connectivity index (χ3v) is 4.37. The lowest BCUT2D eigenvalue weighted by Crippen LogP contribution is -2.41. The van der Waals surface area contributed by atoms with Crippen LogP contribution >= 0.6 is 11.8 Å². The highest BCUT2D eigenvalue weighted by atomic mass is 32.2.